The van der Waals surface area contributed by atoms with Gasteiger partial charge in [0.15, 0.2) is 5.82 Å². The van der Waals surface area contributed by atoms with Gasteiger partial charge in [0.1, 0.15) is 5.82 Å². The SMILES string of the molecule is [2H]c1nc(=O)[nH]c([15NH2])c1F. The van der Waals surface area contributed by atoms with E-state index in [9.17, 15) is 9.18 Å². The van der Waals surface area contributed by atoms with Gasteiger partial charge in [0.25, 0.3) is 0 Å². The number of aromatic amines is 1. The van der Waals surface area contributed by atoms with Crippen LogP contribution < -0.4 is 11.4 Å². The minimum atomic E-state index is -1.00. The molecule has 0 aromatic carbocycles. The summed E-state index contributed by atoms with van der Waals surface area (Å²) in [6.07, 6.45) is -0.735. The lowest BCUT2D eigenvalue weighted by atomic mass is 10.6. The van der Waals surface area contributed by atoms with Gasteiger partial charge in [-0.05, 0) is 0 Å². The molecule has 1 rings (SSSR count). The molecule has 0 amide bonds. The van der Waals surface area contributed by atoms with Gasteiger partial charge >= 0.3 is 5.69 Å². The highest BCUT2D eigenvalue weighted by Gasteiger charge is 1.95. The molecule has 0 aliphatic carbocycles. The largest absolute Gasteiger partial charge is 0.383 e. The third kappa shape index (κ3) is 1.04. The molecule has 48 valence electrons. The highest BCUT2D eigenvalue weighted by molar-refractivity contribution is 5.25. The second kappa shape index (κ2) is 1.85. The van der Waals surface area contributed by atoms with Crippen molar-refractivity contribution < 1.29 is 5.76 Å². The Hall–Kier alpha value is -1.39. The monoisotopic (exact) mass is 131 g/mol. The number of nitrogens with two attached hydrogens (primary N) is 1. The van der Waals surface area contributed by atoms with Crippen molar-refractivity contribution in [1.82, 2.24) is 9.97 Å². The van der Waals surface area contributed by atoms with Crippen molar-refractivity contribution >= 4 is 5.82 Å². The fourth-order valence-corrected chi connectivity index (χ4v) is 0.358. The number of hydrogen-bond donors (Lipinski definition) is 2. The van der Waals surface area contributed by atoms with Crippen LogP contribution in [-0.4, -0.2) is 9.97 Å². The smallest absolute Gasteiger partial charge is 0.346 e. The number of H-pyrrole nitrogens is 1. The van der Waals surface area contributed by atoms with Crippen LogP contribution in [0.1, 0.15) is 1.37 Å². The average Bonchev–Trinajstić information content (AvgIpc) is 1.82. The Bertz CT molecular complexity index is 284. The molecule has 0 unspecified atom stereocenters. The molecule has 0 spiro atoms. The first-order valence-corrected chi connectivity index (χ1v) is 2.13. The van der Waals surface area contributed by atoms with E-state index in [1.807, 2.05) is 4.98 Å². The molecule has 1 aromatic rings. The van der Waals surface area contributed by atoms with Gasteiger partial charge in [-0.2, -0.15) is 4.98 Å². The van der Waals surface area contributed by atoms with Crippen LogP contribution in [0.5, 0.6) is 0 Å². The van der Waals surface area contributed by atoms with Gasteiger partial charge < -0.3 is 5.73 Å². The highest BCUT2D eigenvalue weighted by atomic mass is 19.1. The van der Waals surface area contributed by atoms with Crippen molar-refractivity contribution in [3.63, 3.8) is 0 Å². The molecule has 0 saturated carbocycles. The fraction of sp³-hybridized carbons (Fsp3) is 0. The Kier molecular flexibility index (Phi) is 0.921. The highest BCUT2D eigenvalue weighted by Crippen LogP contribution is 1.96. The summed E-state index contributed by atoms with van der Waals surface area (Å²) in [7, 11) is 0. The molecule has 0 aliphatic heterocycles. The normalized spacial score (nSPS) is 11.0. The molecule has 0 atom stereocenters. The molecule has 0 fully saturated rings. The Morgan fingerprint density at radius 2 is 2.67 bits per heavy atom. The van der Waals surface area contributed by atoms with E-state index in [0.717, 1.165) is 0 Å². The van der Waals surface area contributed by atoms with Crippen molar-refractivity contribution in [1.29, 1.82) is 0 Å². The van der Waals surface area contributed by atoms with Crippen LogP contribution in [0.3, 0.4) is 0 Å². The number of nitrogens with zero attached hydrogens (tertiary/aromatic N) is 1. The van der Waals surface area contributed by atoms with E-state index in [1.54, 1.807) is 0 Å². The van der Waals surface area contributed by atoms with Gasteiger partial charge in [0.2, 0.25) is 0 Å². The predicted molar refractivity (Wildman–Crippen MR) is 29.2 cm³/mol. The first kappa shape index (κ1) is 4.49. The lowest BCUT2D eigenvalue weighted by molar-refractivity contribution is 0.617. The molecule has 9 heavy (non-hydrogen) atoms. The van der Waals surface area contributed by atoms with E-state index in [0.29, 0.717) is 0 Å². The van der Waals surface area contributed by atoms with Crippen LogP contribution in [0.4, 0.5) is 10.2 Å². The lowest BCUT2D eigenvalue weighted by Gasteiger charge is -1.89. The first-order valence-electron chi connectivity index (χ1n) is 2.63. The van der Waals surface area contributed by atoms with Gasteiger partial charge in [-0.1, -0.05) is 0 Å². The Balaban J connectivity index is 3.46. The third-order valence-corrected chi connectivity index (χ3v) is 0.734. The first-order chi connectivity index (χ1) is 4.61. The standard InChI is InChI=1S/C4H4FN3O/c5-2-1-7-4(9)8-3(2)6/h1H,(H3,6,7,8,9)/i1D,6+1. The molecule has 0 aliphatic rings. The zero-order valence-corrected chi connectivity index (χ0v) is 4.31. The zero-order chi connectivity index (χ0) is 7.72. The van der Waals surface area contributed by atoms with Gasteiger partial charge in [-0.3, -0.25) is 4.98 Å². The number of anilines is 1. The van der Waals surface area contributed by atoms with Gasteiger partial charge in [0, 0.05) is 0 Å². The molecule has 0 bridgehead atoms. The summed E-state index contributed by atoms with van der Waals surface area (Å²) in [6, 6.07) is 0. The van der Waals surface area contributed by atoms with E-state index in [4.69, 9.17) is 7.10 Å². The van der Waals surface area contributed by atoms with Crippen LogP contribution in [-0.2, 0) is 0 Å². The molecule has 0 radical (unpaired) electrons. The maximum atomic E-state index is 12.4. The van der Waals surface area contributed by atoms with E-state index < -0.39 is 23.5 Å². The maximum absolute atomic E-state index is 12.4. The van der Waals surface area contributed by atoms with E-state index in [2.05, 4.69) is 4.98 Å². The van der Waals surface area contributed by atoms with Crippen LogP contribution >= 0.6 is 0 Å². The molecular weight excluding hydrogens is 126 g/mol. The van der Waals surface area contributed by atoms with Crippen molar-refractivity contribution in [3.8, 4) is 0 Å². The number of rotatable bonds is 0. The van der Waals surface area contributed by atoms with Crippen LogP contribution in [0, 0.1) is 5.82 Å². The minimum Gasteiger partial charge on any atom is -0.383 e. The van der Waals surface area contributed by atoms with Crippen molar-refractivity contribution in [2.75, 3.05) is 5.73 Å². The number of hydrogen-bond acceptors (Lipinski definition) is 3. The summed E-state index contributed by atoms with van der Waals surface area (Å²) in [5, 5.41) is 0. The summed E-state index contributed by atoms with van der Waals surface area (Å²) in [5.41, 5.74) is 4.12. The number of halogens is 1. The zero-order valence-electron chi connectivity index (χ0n) is 5.31. The molecule has 5 heteroatoms. The molecular formula is C4H4FN3O. The Morgan fingerprint density at radius 3 is 3.22 bits per heavy atom. The average molecular weight is 131 g/mol. The summed E-state index contributed by atoms with van der Waals surface area (Å²) < 4.78 is 19.1. The molecule has 4 nitrogen and oxygen atoms in total. The quantitative estimate of drug-likeness (QED) is 0.466. The summed E-state index contributed by atoms with van der Waals surface area (Å²) in [4.78, 5) is 15.2. The summed E-state index contributed by atoms with van der Waals surface area (Å²) in [5.74, 6) is -1.45. The number of nitrogens with one attached hydrogen (secondary N) is 1. The van der Waals surface area contributed by atoms with Crippen molar-refractivity contribution in [2.24, 2.45) is 0 Å². The van der Waals surface area contributed by atoms with Crippen LogP contribution in [0.2, 0.25) is 0 Å². The summed E-state index contributed by atoms with van der Waals surface area (Å²) >= 11 is 0. The van der Waals surface area contributed by atoms with Gasteiger partial charge in [-0.25, -0.2) is 9.18 Å². The third-order valence-electron chi connectivity index (χ3n) is 0.734. The second-order valence-corrected chi connectivity index (χ2v) is 1.38. The summed E-state index contributed by atoms with van der Waals surface area (Å²) in [6.45, 7) is 0. The number of aromatic nitrogens is 2. The minimum absolute atomic E-state index is 0.454. The topological polar surface area (TPSA) is 71.8 Å². The van der Waals surface area contributed by atoms with E-state index >= 15 is 0 Å². The molecule has 1 heterocycles. The Labute approximate surface area is 50.9 Å². The lowest BCUT2D eigenvalue weighted by Crippen LogP contribution is -2.12. The van der Waals surface area contributed by atoms with Gasteiger partial charge in [-0.15, -0.1) is 0 Å². The number of nitrogen functional groups attached to an aromatic ring is 1. The van der Waals surface area contributed by atoms with E-state index in [-0.39, 0.29) is 0 Å². The molecule has 0 saturated heterocycles. The van der Waals surface area contributed by atoms with Crippen LogP contribution in [0.25, 0.3) is 0 Å². The van der Waals surface area contributed by atoms with Crippen molar-refractivity contribution in [3.05, 3.63) is 22.5 Å². The molecule has 3 N–H and O–H groups in total. The van der Waals surface area contributed by atoms with Gasteiger partial charge in [0.05, 0.1) is 7.54 Å². The second-order valence-electron chi connectivity index (χ2n) is 1.38. The Morgan fingerprint density at radius 1 is 2.00 bits per heavy atom. The predicted octanol–water partition coefficient (Wildman–Crippen LogP) is -0.509. The maximum Gasteiger partial charge on any atom is 0.346 e. The fourth-order valence-electron chi connectivity index (χ4n) is 0.358. The molecule has 1 aromatic heterocycles. The van der Waals surface area contributed by atoms with Crippen molar-refractivity contribution in [2.45, 2.75) is 0 Å². The van der Waals surface area contributed by atoms with Crippen LogP contribution in [0.15, 0.2) is 11.0 Å². The van der Waals surface area contributed by atoms with E-state index in [1.165, 1.54) is 0 Å².